The molecule has 0 amide bonds. The maximum Gasteiger partial charge on any atom is 0.423 e. The van der Waals surface area contributed by atoms with Gasteiger partial charge in [0.15, 0.2) is 0 Å². The predicted molar refractivity (Wildman–Crippen MR) is 95.8 cm³/mol. The van der Waals surface area contributed by atoms with Crippen molar-refractivity contribution in [3.8, 4) is 0 Å². The summed E-state index contributed by atoms with van der Waals surface area (Å²) in [6.45, 7) is 0.819. The number of nitrogens with zero attached hydrogens (tertiary/aromatic N) is 1. The molecule has 1 N–H and O–H groups in total. The number of ether oxygens (including phenoxy) is 1. The number of rotatable bonds is 3. The number of sulfonamides is 1. The van der Waals surface area contributed by atoms with Crippen LogP contribution in [0, 0.1) is 18.7 Å². The van der Waals surface area contributed by atoms with E-state index in [1.165, 1.54) is 24.3 Å². The van der Waals surface area contributed by atoms with E-state index in [9.17, 15) is 35.9 Å². The van der Waals surface area contributed by atoms with E-state index in [1.54, 1.807) is 6.92 Å². The Balaban J connectivity index is 2.03. The number of fused-ring (bicyclic) bond motifs is 3. The molecule has 0 saturated carbocycles. The lowest BCUT2D eigenvalue weighted by atomic mass is 9.85. The van der Waals surface area contributed by atoms with Crippen molar-refractivity contribution in [2.24, 2.45) is 5.92 Å². The molecule has 2 aliphatic rings. The van der Waals surface area contributed by atoms with Crippen molar-refractivity contribution in [2.45, 2.75) is 29.6 Å². The molecular weight excluding hydrogens is 430 g/mol. The molecule has 2 aliphatic heterocycles. The Bertz CT molecular complexity index is 1130. The van der Waals surface area contributed by atoms with Gasteiger partial charge in [0.1, 0.15) is 17.8 Å². The van der Waals surface area contributed by atoms with Gasteiger partial charge in [-0.05, 0) is 37.3 Å². The summed E-state index contributed by atoms with van der Waals surface area (Å²) in [6.07, 6.45) is -5.21. The first-order valence-corrected chi connectivity index (χ1v) is 10.2. The standard InChI is InChI=1S/C19H15F4NO5S/c1-10-2-5-12(6-3-10)30(27,28)24-15-7-4-11(20)8-14(15)18(19(21,22)23)16(24)13(9-29-18)17(25)26/h2-8,13,16H,9H2,1H3,(H,25,26). The van der Waals surface area contributed by atoms with Crippen LogP contribution in [-0.4, -0.2) is 38.3 Å². The fourth-order valence-corrected chi connectivity index (χ4v) is 5.83. The van der Waals surface area contributed by atoms with E-state index in [-0.39, 0.29) is 4.90 Å². The molecule has 4 rings (SSSR count). The molecule has 2 aromatic rings. The minimum absolute atomic E-state index is 0.322. The molecule has 6 nitrogen and oxygen atoms in total. The number of aliphatic carboxylic acids is 1. The van der Waals surface area contributed by atoms with Crippen molar-refractivity contribution in [3.05, 3.63) is 59.4 Å². The maximum absolute atomic E-state index is 14.3. The number of alkyl halides is 3. The lowest BCUT2D eigenvalue weighted by Gasteiger charge is -2.34. The molecular formula is C19H15F4NO5S. The number of anilines is 1. The Morgan fingerprint density at radius 3 is 2.40 bits per heavy atom. The van der Waals surface area contributed by atoms with Gasteiger partial charge in [-0.15, -0.1) is 0 Å². The van der Waals surface area contributed by atoms with E-state index in [1.807, 2.05) is 0 Å². The van der Waals surface area contributed by atoms with Gasteiger partial charge < -0.3 is 9.84 Å². The molecule has 1 fully saturated rings. The molecule has 3 unspecified atom stereocenters. The molecule has 30 heavy (non-hydrogen) atoms. The molecule has 2 heterocycles. The number of hydrogen-bond acceptors (Lipinski definition) is 4. The van der Waals surface area contributed by atoms with Crippen LogP contribution in [0.1, 0.15) is 11.1 Å². The molecule has 2 aromatic carbocycles. The Kier molecular flexibility index (Phi) is 4.41. The predicted octanol–water partition coefficient (Wildman–Crippen LogP) is 3.20. The molecule has 1 saturated heterocycles. The molecule has 0 spiro atoms. The average Bonchev–Trinajstić information content (AvgIpc) is 3.16. The van der Waals surface area contributed by atoms with Crippen molar-refractivity contribution in [2.75, 3.05) is 10.9 Å². The molecule has 160 valence electrons. The minimum atomic E-state index is -5.21. The van der Waals surface area contributed by atoms with Crippen LogP contribution in [0.2, 0.25) is 0 Å². The van der Waals surface area contributed by atoms with E-state index in [4.69, 9.17) is 4.74 Å². The summed E-state index contributed by atoms with van der Waals surface area (Å²) in [7, 11) is -4.63. The monoisotopic (exact) mass is 445 g/mol. The molecule has 3 atom stereocenters. The maximum atomic E-state index is 14.3. The first-order chi connectivity index (χ1) is 13.9. The van der Waals surface area contributed by atoms with Crippen LogP contribution in [-0.2, 0) is 25.2 Å². The second kappa shape index (κ2) is 6.42. The smallest absolute Gasteiger partial charge is 0.423 e. The normalized spacial score (nSPS) is 25.8. The zero-order valence-electron chi connectivity index (χ0n) is 15.4. The number of carboxylic acids is 1. The largest absolute Gasteiger partial charge is 0.481 e. The topological polar surface area (TPSA) is 83.9 Å². The van der Waals surface area contributed by atoms with Crippen LogP contribution in [0.15, 0.2) is 47.4 Å². The third-order valence-electron chi connectivity index (χ3n) is 5.45. The van der Waals surface area contributed by atoms with E-state index in [0.717, 1.165) is 17.7 Å². The lowest BCUT2D eigenvalue weighted by Crippen LogP contribution is -2.55. The zero-order chi connectivity index (χ0) is 22.1. The quantitative estimate of drug-likeness (QED) is 0.734. The molecule has 11 heteroatoms. The van der Waals surface area contributed by atoms with Crippen molar-refractivity contribution in [1.29, 1.82) is 0 Å². The average molecular weight is 445 g/mol. The van der Waals surface area contributed by atoms with Crippen molar-refractivity contribution in [3.63, 3.8) is 0 Å². The first-order valence-electron chi connectivity index (χ1n) is 8.76. The van der Waals surface area contributed by atoms with Gasteiger partial charge in [0, 0.05) is 5.56 Å². The van der Waals surface area contributed by atoms with Crippen LogP contribution in [0.25, 0.3) is 0 Å². The van der Waals surface area contributed by atoms with Gasteiger partial charge in [-0.2, -0.15) is 13.2 Å². The molecule has 0 aromatic heterocycles. The van der Waals surface area contributed by atoms with Crippen LogP contribution < -0.4 is 4.31 Å². The number of aryl methyl sites for hydroxylation is 1. The molecule has 0 aliphatic carbocycles. The summed E-state index contributed by atoms with van der Waals surface area (Å²) in [4.78, 5) is 11.4. The summed E-state index contributed by atoms with van der Waals surface area (Å²) in [5.74, 6) is -4.50. The van der Waals surface area contributed by atoms with E-state index in [0.29, 0.717) is 10.4 Å². The summed E-state index contributed by atoms with van der Waals surface area (Å²) < 4.78 is 89.0. The Morgan fingerprint density at radius 1 is 1.20 bits per heavy atom. The van der Waals surface area contributed by atoms with Crippen molar-refractivity contribution in [1.82, 2.24) is 0 Å². The first kappa shape index (κ1) is 20.6. The number of carboxylic acid groups (broad SMARTS) is 1. The van der Waals surface area contributed by atoms with Gasteiger partial charge in [0.2, 0.25) is 5.60 Å². The molecule has 0 bridgehead atoms. The van der Waals surface area contributed by atoms with Crippen LogP contribution in [0.3, 0.4) is 0 Å². The van der Waals surface area contributed by atoms with Gasteiger partial charge in [-0.1, -0.05) is 17.7 Å². The van der Waals surface area contributed by atoms with Crippen LogP contribution >= 0.6 is 0 Å². The van der Waals surface area contributed by atoms with Gasteiger partial charge in [-0.25, -0.2) is 12.8 Å². The summed E-state index contributed by atoms with van der Waals surface area (Å²) in [6, 6.07) is 5.45. The van der Waals surface area contributed by atoms with Crippen molar-refractivity contribution < 1.29 is 40.6 Å². The van der Waals surface area contributed by atoms with Gasteiger partial charge in [-0.3, -0.25) is 9.10 Å². The lowest BCUT2D eigenvalue weighted by molar-refractivity contribution is -0.269. The van der Waals surface area contributed by atoms with Gasteiger partial charge >= 0.3 is 12.1 Å². The highest BCUT2D eigenvalue weighted by Gasteiger charge is 2.75. The van der Waals surface area contributed by atoms with Gasteiger partial charge in [0.05, 0.1) is 17.2 Å². The van der Waals surface area contributed by atoms with E-state index < -0.39 is 63.4 Å². The van der Waals surface area contributed by atoms with E-state index in [2.05, 4.69) is 0 Å². The Hall–Kier alpha value is -2.66. The highest BCUT2D eigenvalue weighted by Crippen LogP contribution is 2.61. The number of benzene rings is 2. The minimum Gasteiger partial charge on any atom is -0.481 e. The fourth-order valence-electron chi connectivity index (χ4n) is 4.11. The van der Waals surface area contributed by atoms with Crippen LogP contribution in [0.4, 0.5) is 23.2 Å². The van der Waals surface area contributed by atoms with E-state index >= 15 is 0 Å². The number of hydrogen-bond donors (Lipinski definition) is 1. The van der Waals surface area contributed by atoms with Crippen LogP contribution in [0.5, 0.6) is 0 Å². The third kappa shape index (κ3) is 2.64. The SMILES string of the molecule is Cc1ccc(S(=O)(=O)N2c3ccc(F)cc3C3(C(F)(F)F)OCC(C(=O)O)C23)cc1. The van der Waals surface area contributed by atoms with Gasteiger partial charge in [0.25, 0.3) is 10.0 Å². The Labute approximate surface area is 168 Å². The van der Waals surface area contributed by atoms with Crippen molar-refractivity contribution >= 4 is 21.7 Å². The highest BCUT2D eigenvalue weighted by molar-refractivity contribution is 7.92. The number of carbonyl (C=O) groups is 1. The highest BCUT2D eigenvalue weighted by atomic mass is 32.2. The summed E-state index contributed by atoms with van der Waals surface area (Å²) >= 11 is 0. The third-order valence-corrected chi connectivity index (χ3v) is 7.26. The summed E-state index contributed by atoms with van der Waals surface area (Å²) in [5, 5.41) is 9.52. The molecule has 0 radical (unpaired) electrons. The second-order valence-corrected chi connectivity index (χ2v) is 9.02. The fraction of sp³-hybridized carbons (Fsp3) is 0.316. The zero-order valence-corrected chi connectivity index (χ0v) is 16.2. The Morgan fingerprint density at radius 2 is 1.83 bits per heavy atom. The second-order valence-electron chi connectivity index (χ2n) is 7.21. The summed E-state index contributed by atoms with van der Waals surface area (Å²) in [5.41, 5.74) is -3.81. The number of halogens is 4.